The zero-order valence-electron chi connectivity index (χ0n) is 25.9. The van der Waals surface area contributed by atoms with Crippen molar-refractivity contribution in [1.29, 1.82) is 0 Å². The zero-order valence-corrected chi connectivity index (χ0v) is 25.9. The largest absolute Gasteiger partial charge is 0.361 e. The molecule has 1 aliphatic rings. The average Bonchev–Trinajstić information content (AvgIpc) is 3.69. The highest BCUT2D eigenvalue weighted by Gasteiger charge is 2.50. The van der Waals surface area contributed by atoms with E-state index in [-0.39, 0.29) is 36.4 Å². The van der Waals surface area contributed by atoms with Gasteiger partial charge in [-0.25, -0.2) is 0 Å². The van der Waals surface area contributed by atoms with E-state index in [1.54, 1.807) is 6.92 Å². The number of nitrogens with one attached hydrogen (secondary N) is 3. The summed E-state index contributed by atoms with van der Waals surface area (Å²) in [5, 5.41) is 8.71. The van der Waals surface area contributed by atoms with Crippen LogP contribution in [0.5, 0.6) is 0 Å². The molecule has 1 fully saturated rings. The molecule has 0 bridgehead atoms. The third kappa shape index (κ3) is 10.4. The van der Waals surface area contributed by atoms with Crippen LogP contribution in [0.3, 0.4) is 0 Å². The lowest BCUT2D eigenvalue weighted by atomic mass is 9.93. The van der Waals surface area contributed by atoms with Crippen molar-refractivity contribution < 1.29 is 23.9 Å². The number of epoxide rings is 1. The van der Waals surface area contributed by atoms with Gasteiger partial charge >= 0.3 is 0 Å². The van der Waals surface area contributed by atoms with Crippen molar-refractivity contribution >= 4 is 23.5 Å². The van der Waals surface area contributed by atoms with Gasteiger partial charge in [-0.3, -0.25) is 19.2 Å². The monoisotopic (exact) mass is 577 g/mol. The number of aryl methyl sites for hydroxylation is 2. The van der Waals surface area contributed by atoms with Gasteiger partial charge in [0.15, 0.2) is 5.78 Å². The third-order valence-electron chi connectivity index (χ3n) is 7.47. The van der Waals surface area contributed by atoms with Crippen LogP contribution >= 0.6 is 0 Å². The second-order valence-corrected chi connectivity index (χ2v) is 12.6. The number of ketones is 1. The molecule has 0 radical (unpaired) electrons. The van der Waals surface area contributed by atoms with Crippen LogP contribution in [0.2, 0.25) is 0 Å². The number of rotatable bonds is 16. The first-order valence-electron chi connectivity index (χ1n) is 15.0. The topological polar surface area (TPSA) is 117 Å². The van der Waals surface area contributed by atoms with Crippen molar-refractivity contribution in [3.63, 3.8) is 0 Å². The quantitative estimate of drug-likeness (QED) is 0.260. The maximum Gasteiger partial charge on any atom is 0.243 e. The number of Topliss-reactive ketones (excluding diaryl/α,β-unsaturated/α-hetero) is 1. The fourth-order valence-corrected chi connectivity index (χ4v) is 4.91. The van der Waals surface area contributed by atoms with Crippen LogP contribution in [0, 0.1) is 18.8 Å². The smallest absolute Gasteiger partial charge is 0.243 e. The average molecular weight is 578 g/mol. The fraction of sp³-hybridized carbons (Fsp3) is 0.529. The van der Waals surface area contributed by atoms with E-state index in [1.165, 1.54) is 0 Å². The Labute approximate surface area is 250 Å². The minimum atomic E-state index is -0.936. The Morgan fingerprint density at radius 1 is 0.762 bits per heavy atom. The molecule has 228 valence electrons. The van der Waals surface area contributed by atoms with Crippen LogP contribution in [0.15, 0.2) is 54.6 Å². The summed E-state index contributed by atoms with van der Waals surface area (Å²) < 4.78 is 5.37. The Morgan fingerprint density at radius 2 is 1.31 bits per heavy atom. The van der Waals surface area contributed by atoms with E-state index in [2.05, 4.69) is 16.0 Å². The highest BCUT2D eigenvalue weighted by atomic mass is 16.6. The summed E-state index contributed by atoms with van der Waals surface area (Å²) in [6.45, 7) is 12.0. The maximum atomic E-state index is 13.7. The summed E-state index contributed by atoms with van der Waals surface area (Å²) in [5.41, 5.74) is 2.19. The number of carbonyl (C=O) groups excluding carboxylic acids is 4. The van der Waals surface area contributed by atoms with Crippen LogP contribution in [0.25, 0.3) is 0 Å². The van der Waals surface area contributed by atoms with Gasteiger partial charge in [-0.05, 0) is 56.1 Å². The van der Waals surface area contributed by atoms with Crippen molar-refractivity contribution in [2.24, 2.45) is 11.8 Å². The van der Waals surface area contributed by atoms with E-state index in [1.807, 2.05) is 89.2 Å². The molecule has 0 unspecified atom stereocenters. The number of benzene rings is 2. The van der Waals surface area contributed by atoms with Crippen LogP contribution < -0.4 is 16.0 Å². The lowest BCUT2D eigenvalue weighted by molar-refractivity contribution is -0.134. The Morgan fingerprint density at radius 3 is 1.88 bits per heavy atom. The molecule has 1 heterocycles. The lowest BCUT2D eigenvalue weighted by Crippen LogP contribution is -2.57. The highest BCUT2D eigenvalue weighted by Crippen LogP contribution is 2.29. The van der Waals surface area contributed by atoms with Gasteiger partial charge in [0.05, 0.1) is 12.6 Å². The van der Waals surface area contributed by atoms with Gasteiger partial charge in [-0.15, -0.1) is 0 Å². The van der Waals surface area contributed by atoms with Gasteiger partial charge in [-0.1, -0.05) is 87.9 Å². The SMILES string of the molecule is Cc1ccc(CCC(=O)N[C@@H](CC(C)C)C(=O)N[C@@H](Cc2ccccc2)C(=O)N[C@@H](CC(C)C)C(=O)[C@]2(C)CO2)cc1. The standard InChI is InChI=1S/C34H47N3O5/c1-22(2)18-27(31(39)34(6)21-42-34)36-33(41)29(20-26-10-8-7-9-11-26)37-32(40)28(19-23(3)4)35-30(38)17-16-25-14-12-24(5)13-15-25/h7-15,22-23,27-29H,16-21H2,1-6H3,(H,35,38)(H,36,41)(H,37,40)/t27-,28-,29-,34-/m0/s1. The Bertz CT molecular complexity index is 1210. The van der Waals surface area contributed by atoms with Gasteiger partial charge in [-0.2, -0.15) is 0 Å². The molecule has 8 nitrogen and oxygen atoms in total. The molecule has 3 amide bonds. The Hall–Kier alpha value is -3.52. The molecule has 1 saturated heterocycles. The predicted octanol–water partition coefficient (Wildman–Crippen LogP) is 4.07. The maximum absolute atomic E-state index is 13.7. The van der Waals surface area contributed by atoms with Crippen molar-refractivity contribution in [2.75, 3.05) is 6.61 Å². The lowest BCUT2D eigenvalue weighted by Gasteiger charge is -2.27. The molecule has 1 aliphatic heterocycles. The molecular weight excluding hydrogens is 530 g/mol. The molecule has 8 heteroatoms. The minimum Gasteiger partial charge on any atom is -0.361 e. The van der Waals surface area contributed by atoms with Crippen LogP contribution in [0.1, 0.15) is 70.6 Å². The van der Waals surface area contributed by atoms with Gasteiger partial charge < -0.3 is 20.7 Å². The first-order valence-corrected chi connectivity index (χ1v) is 15.0. The summed E-state index contributed by atoms with van der Waals surface area (Å²) in [4.78, 5) is 53.3. The number of amides is 3. The Kier molecular flexibility index (Phi) is 11.9. The number of carbonyl (C=O) groups is 4. The van der Waals surface area contributed by atoms with Crippen LogP contribution in [0.4, 0.5) is 0 Å². The third-order valence-corrected chi connectivity index (χ3v) is 7.47. The van der Waals surface area contributed by atoms with E-state index < -0.39 is 35.5 Å². The second kappa shape index (κ2) is 15.1. The molecule has 2 aromatic carbocycles. The molecule has 0 saturated carbocycles. The highest BCUT2D eigenvalue weighted by molar-refractivity contribution is 5.98. The molecule has 42 heavy (non-hydrogen) atoms. The van der Waals surface area contributed by atoms with Crippen LogP contribution in [-0.2, 0) is 36.8 Å². The molecular formula is C34H47N3O5. The van der Waals surface area contributed by atoms with Gasteiger partial charge in [0.2, 0.25) is 17.7 Å². The van der Waals surface area contributed by atoms with E-state index in [9.17, 15) is 19.2 Å². The van der Waals surface area contributed by atoms with Crippen molar-refractivity contribution in [3.8, 4) is 0 Å². The molecule has 4 atom stereocenters. The van der Waals surface area contributed by atoms with Crippen LogP contribution in [-0.4, -0.2) is 53.8 Å². The Balaban J connectivity index is 1.73. The number of hydrogen-bond acceptors (Lipinski definition) is 5. The van der Waals surface area contributed by atoms with Crippen molar-refractivity contribution in [1.82, 2.24) is 16.0 Å². The molecule has 0 aromatic heterocycles. The summed E-state index contributed by atoms with van der Waals surface area (Å²) in [5.74, 6) is -0.952. The van der Waals surface area contributed by atoms with Gasteiger partial charge in [0.1, 0.15) is 17.7 Å². The van der Waals surface area contributed by atoms with E-state index in [4.69, 9.17) is 4.74 Å². The zero-order chi connectivity index (χ0) is 30.9. The first-order chi connectivity index (χ1) is 19.9. The van der Waals surface area contributed by atoms with Crippen molar-refractivity contribution in [3.05, 3.63) is 71.3 Å². The predicted molar refractivity (Wildman–Crippen MR) is 164 cm³/mol. The molecule has 3 N–H and O–H groups in total. The van der Waals surface area contributed by atoms with Gasteiger partial charge in [0.25, 0.3) is 0 Å². The summed E-state index contributed by atoms with van der Waals surface area (Å²) in [7, 11) is 0. The normalized spacial score (nSPS) is 18.2. The first kappa shape index (κ1) is 33.0. The second-order valence-electron chi connectivity index (χ2n) is 12.6. The minimum absolute atomic E-state index is 0.131. The molecule has 0 spiro atoms. The summed E-state index contributed by atoms with van der Waals surface area (Å²) in [6, 6.07) is 15.0. The summed E-state index contributed by atoms with van der Waals surface area (Å²) >= 11 is 0. The number of hydrogen-bond donors (Lipinski definition) is 3. The molecule has 3 rings (SSSR count). The molecule has 0 aliphatic carbocycles. The van der Waals surface area contributed by atoms with E-state index in [0.29, 0.717) is 25.9 Å². The summed E-state index contributed by atoms with van der Waals surface area (Å²) in [6.07, 6.45) is 1.94. The van der Waals surface area contributed by atoms with Gasteiger partial charge in [0, 0.05) is 12.8 Å². The molecule has 2 aromatic rings. The van der Waals surface area contributed by atoms with E-state index >= 15 is 0 Å². The fourth-order valence-electron chi connectivity index (χ4n) is 4.91. The number of ether oxygens (including phenoxy) is 1. The van der Waals surface area contributed by atoms with E-state index in [0.717, 1.165) is 16.7 Å². The van der Waals surface area contributed by atoms with Crippen molar-refractivity contribution in [2.45, 2.75) is 97.4 Å².